The van der Waals surface area contributed by atoms with Gasteiger partial charge < -0.3 is 15.1 Å². The highest BCUT2D eigenvalue weighted by molar-refractivity contribution is 6.05. The summed E-state index contributed by atoms with van der Waals surface area (Å²) in [5.41, 5.74) is 3.20. The van der Waals surface area contributed by atoms with Crippen molar-refractivity contribution in [2.45, 2.75) is 58.9 Å². The van der Waals surface area contributed by atoms with Crippen molar-refractivity contribution in [2.75, 3.05) is 5.32 Å². The molecule has 0 unspecified atom stereocenters. The molecule has 2 N–H and O–H groups in total. The predicted octanol–water partition coefficient (Wildman–Crippen LogP) is 6.21. The first-order valence-electron chi connectivity index (χ1n) is 11.2. The standard InChI is InChI=1S/C14H13NO.C13H19NO2/c1-11-7-5-6-10-13(11)14(16)15-12-8-3-2-4-9-12;1-9-8-12(10(2)16-9)13(15)14-11-6-4-3-5-7-11/h2-10H,1H3,(H,15,16);8,11H,3-7H2,1-2H3,(H,14,15). The molecule has 168 valence electrons. The number of hydrogen-bond donors (Lipinski definition) is 2. The molecule has 1 fully saturated rings. The molecule has 1 aliphatic carbocycles. The molecule has 2 aromatic carbocycles. The van der Waals surface area contributed by atoms with E-state index in [-0.39, 0.29) is 11.8 Å². The van der Waals surface area contributed by atoms with E-state index in [0.717, 1.165) is 29.9 Å². The molecule has 0 bridgehead atoms. The number of nitrogens with one attached hydrogen (secondary N) is 2. The Kier molecular flexibility index (Phi) is 8.26. The summed E-state index contributed by atoms with van der Waals surface area (Å²) < 4.78 is 5.36. The van der Waals surface area contributed by atoms with E-state index in [2.05, 4.69) is 10.6 Å². The van der Waals surface area contributed by atoms with Crippen LogP contribution in [0, 0.1) is 20.8 Å². The number of carbonyl (C=O) groups is 2. The predicted molar refractivity (Wildman–Crippen MR) is 128 cm³/mol. The lowest BCUT2D eigenvalue weighted by Crippen LogP contribution is -2.36. The Labute approximate surface area is 190 Å². The Balaban J connectivity index is 0.000000181. The molecule has 0 spiro atoms. The number of rotatable bonds is 4. The molecule has 32 heavy (non-hydrogen) atoms. The van der Waals surface area contributed by atoms with Crippen LogP contribution in [0.4, 0.5) is 5.69 Å². The third-order valence-electron chi connectivity index (χ3n) is 5.65. The van der Waals surface area contributed by atoms with Crippen molar-refractivity contribution in [3.8, 4) is 0 Å². The van der Waals surface area contributed by atoms with Crippen LogP contribution in [0.5, 0.6) is 0 Å². The summed E-state index contributed by atoms with van der Waals surface area (Å²) in [5, 5.41) is 5.95. The molecule has 0 radical (unpaired) electrons. The first kappa shape index (κ1) is 23.3. The summed E-state index contributed by atoms with van der Waals surface area (Å²) in [6.45, 7) is 5.63. The van der Waals surface area contributed by atoms with E-state index in [9.17, 15) is 9.59 Å². The van der Waals surface area contributed by atoms with Crippen molar-refractivity contribution in [1.82, 2.24) is 5.32 Å². The first-order valence-corrected chi connectivity index (χ1v) is 11.2. The summed E-state index contributed by atoms with van der Waals surface area (Å²) in [5.74, 6) is 1.46. The van der Waals surface area contributed by atoms with Crippen LogP contribution in [0.2, 0.25) is 0 Å². The van der Waals surface area contributed by atoms with Crippen molar-refractivity contribution < 1.29 is 14.0 Å². The van der Waals surface area contributed by atoms with E-state index < -0.39 is 0 Å². The van der Waals surface area contributed by atoms with E-state index in [1.165, 1.54) is 19.3 Å². The molecule has 5 nitrogen and oxygen atoms in total. The molecule has 1 saturated carbocycles. The van der Waals surface area contributed by atoms with E-state index in [1.54, 1.807) is 0 Å². The lowest BCUT2D eigenvalue weighted by Gasteiger charge is -2.22. The smallest absolute Gasteiger partial charge is 0.255 e. The zero-order valence-corrected chi connectivity index (χ0v) is 19.1. The molecule has 0 aliphatic heterocycles. The Morgan fingerprint density at radius 1 is 0.812 bits per heavy atom. The van der Waals surface area contributed by atoms with Crippen LogP contribution in [-0.4, -0.2) is 17.9 Å². The van der Waals surface area contributed by atoms with Crippen LogP contribution in [0.25, 0.3) is 0 Å². The van der Waals surface area contributed by atoms with Gasteiger partial charge in [0.25, 0.3) is 11.8 Å². The van der Waals surface area contributed by atoms with Gasteiger partial charge in [-0.15, -0.1) is 0 Å². The minimum absolute atomic E-state index is 0.0150. The summed E-state index contributed by atoms with van der Waals surface area (Å²) in [7, 11) is 0. The highest BCUT2D eigenvalue weighted by Gasteiger charge is 2.19. The maximum atomic E-state index is 12.0. The SMILES string of the molecule is Cc1cc(C(=O)NC2CCCCC2)c(C)o1.Cc1ccccc1C(=O)Nc1ccccc1. The number of benzene rings is 2. The minimum Gasteiger partial charge on any atom is -0.466 e. The zero-order chi connectivity index (χ0) is 22.9. The van der Waals surface area contributed by atoms with E-state index in [4.69, 9.17) is 4.42 Å². The quantitative estimate of drug-likeness (QED) is 0.515. The normalized spacial score (nSPS) is 13.6. The van der Waals surface area contributed by atoms with Crippen LogP contribution < -0.4 is 10.6 Å². The fraction of sp³-hybridized carbons (Fsp3) is 0.333. The van der Waals surface area contributed by atoms with Gasteiger partial charge in [-0.25, -0.2) is 0 Å². The van der Waals surface area contributed by atoms with Gasteiger partial charge in [0.05, 0.1) is 5.56 Å². The van der Waals surface area contributed by atoms with E-state index in [1.807, 2.05) is 81.4 Å². The van der Waals surface area contributed by atoms with Gasteiger partial charge in [-0.3, -0.25) is 9.59 Å². The molecular weight excluding hydrogens is 400 g/mol. The lowest BCUT2D eigenvalue weighted by molar-refractivity contribution is 0.0925. The van der Waals surface area contributed by atoms with Gasteiger partial charge >= 0.3 is 0 Å². The van der Waals surface area contributed by atoms with Crippen molar-refractivity contribution in [1.29, 1.82) is 0 Å². The van der Waals surface area contributed by atoms with Gasteiger partial charge in [0.15, 0.2) is 0 Å². The Hall–Kier alpha value is -3.34. The minimum atomic E-state index is -0.0655. The molecular formula is C27H32N2O3. The molecule has 1 heterocycles. The Bertz CT molecular complexity index is 1030. The van der Waals surface area contributed by atoms with E-state index in [0.29, 0.717) is 22.9 Å². The second kappa shape index (κ2) is 11.3. The highest BCUT2D eigenvalue weighted by atomic mass is 16.3. The van der Waals surface area contributed by atoms with Crippen molar-refractivity contribution in [3.63, 3.8) is 0 Å². The van der Waals surface area contributed by atoms with E-state index >= 15 is 0 Å². The molecule has 1 aliphatic rings. The molecule has 0 saturated heterocycles. The molecule has 4 rings (SSSR count). The number of carbonyl (C=O) groups excluding carboxylic acids is 2. The number of amides is 2. The molecule has 5 heteroatoms. The van der Waals surface area contributed by atoms with Gasteiger partial charge in [0, 0.05) is 17.3 Å². The summed E-state index contributed by atoms with van der Waals surface area (Å²) >= 11 is 0. The summed E-state index contributed by atoms with van der Waals surface area (Å²) in [4.78, 5) is 23.9. The summed E-state index contributed by atoms with van der Waals surface area (Å²) in [6, 6.07) is 19.2. The number of furan rings is 1. The topological polar surface area (TPSA) is 71.3 Å². The van der Waals surface area contributed by atoms with Crippen LogP contribution in [0.3, 0.4) is 0 Å². The van der Waals surface area contributed by atoms with Crippen molar-refractivity contribution >= 4 is 17.5 Å². The van der Waals surface area contributed by atoms with Gasteiger partial charge in [0.2, 0.25) is 0 Å². The number of para-hydroxylation sites is 1. The van der Waals surface area contributed by atoms with Crippen molar-refractivity contribution in [2.24, 2.45) is 0 Å². The highest BCUT2D eigenvalue weighted by Crippen LogP contribution is 2.19. The van der Waals surface area contributed by atoms with Crippen LogP contribution in [0.15, 0.2) is 65.1 Å². The molecule has 1 aromatic heterocycles. The third kappa shape index (κ3) is 6.58. The Morgan fingerprint density at radius 2 is 1.47 bits per heavy atom. The first-order chi connectivity index (χ1) is 15.4. The number of hydrogen-bond acceptors (Lipinski definition) is 3. The van der Waals surface area contributed by atoms with Crippen molar-refractivity contribution in [3.05, 3.63) is 88.9 Å². The molecule has 2 amide bonds. The second-order valence-electron chi connectivity index (χ2n) is 8.27. The lowest BCUT2D eigenvalue weighted by atomic mass is 9.95. The van der Waals surface area contributed by atoms with Gasteiger partial charge in [0.1, 0.15) is 11.5 Å². The maximum absolute atomic E-state index is 12.0. The fourth-order valence-electron chi connectivity index (χ4n) is 3.91. The average molecular weight is 433 g/mol. The maximum Gasteiger partial charge on any atom is 0.255 e. The van der Waals surface area contributed by atoms with Gasteiger partial charge in [-0.05, 0) is 63.4 Å². The molecule has 3 aromatic rings. The molecule has 0 atom stereocenters. The number of aryl methyl sites for hydroxylation is 3. The van der Waals surface area contributed by atoms with Gasteiger partial charge in [-0.1, -0.05) is 55.7 Å². The number of anilines is 1. The zero-order valence-electron chi connectivity index (χ0n) is 19.1. The Morgan fingerprint density at radius 3 is 2.09 bits per heavy atom. The van der Waals surface area contributed by atoms with Crippen LogP contribution in [0.1, 0.15) is 69.9 Å². The largest absolute Gasteiger partial charge is 0.466 e. The van der Waals surface area contributed by atoms with Crippen LogP contribution in [-0.2, 0) is 0 Å². The fourth-order valence-corrected chi connectivity index (χ4v) is 3.91. The third-order valence-corrected chi connectivity index (χ3v) is 5.65. The summed E-state index contributed by atoms with van der Waals surface area (Å²) in [6.07, 6.45) is 5.99. The second-order valence-corrected chi connectivity index (χ2v) is 8.27. The average Bonchev–Trinajstić information content (AvgIpc) is 3.14. The monoisotopic (exact) mass is 432 g/mol. The van der Waals surface area contributed by atoms with Gasteiger partial charge in [-0.2, -0.15) is 0 Å². The van der Waals surface area contributed by atoms with Crippen LogP contribution >= 0.6 is 0 Å².